The maximum atomic E-state index is 11.6. The van der Waals surface area contributed by atoms with Gasteiger partial charge in [-0.1, -0.05) is 11.6 Å². The second kappa shape index (κ2) is 5.06. The van der Waals surface area contributed by atoms with Crippen molar-refractivity contribution in [3.05, 3.63) is 21.6 Å². The van der Waals surface area contributed by atoms with Crippen molar-refractivity contribution in [3.8, 4) is 0 Å². The largest absolute Gasteiger partial charge is 0.377 e. The number of hydrogen-bond acceptors (Lipinski definition) is 4. The van der Waals surface area contributed by atoms with Crippen LogP contribution in [0.15, 0.2) is 11.0 Å². The predicted molar refractivity (Wildman–Crippen MR) is 66.5 cm³/mol. The van der Waals surface area contributed by atoms with E-state index in [1.807, 2.05) is 6.92 Å². The highest BCUT2D eigenvalue weighted by Gasteiger charge is 2.23. The lowest BCUT2D eigenvalue weighted by Crippen LogP contribution is -2.31. The van der Waals surface area contributed by atoms with Crippen LogP contribution in [0.25, 0.3) is 0 Å². The summed E-state index contributed by atoms with van der Waals surface area (Å²) < 4.78 is 6.78. The lowest BCUT2D eigenvalue weighted by molar-refractivity contribution is 0.0996. The minimum absolute atomic E-state index is 0.115. The summed E-state index contributed by atoms with van der Waals surface area (Å²) in [5.41, 5.74) is 0.272. The average molecular weight is 258 g/mol. The van der Waals surface area contributed by atoms with Gasteiger partial charge in [0.05, 0.1) is 18.0 Å². The highest BCUT2D eigenvalue weighted by Crippen LogP contribution is 2.21. The first-order valence-electron chi connectivity index (χ1n) is 5.69. The summed E-state index contributed by atoms with van der Waals surface area (Å²) in [6, 6.07) is 0.115. The van der Waals surface area contributed by atoms with Gasteiger partial charge >= 0.3 is 0 Å². The van der Waals surface area contributed by atoms with Gasteiger partial charge in [0.15, 0.2) is 0 Å². The fraction of sp³-hybridized carbons (Fsp3) is 0.636. The zero-order chi connectivity index (χ0) is 12.4. The van der Waals surface area contributed by atoms with E-state index in [0.717, 1.165) is 19.4 Å². The molecule has 0 saturated carbocycles. The molecule has 2 atom stereocenters. The monoisotopic (exact) mass is 257 g/mol. The Bertz CT molecular complexity index is 455. The number of aryl methyl sites for hydroxylation is 1. The molecule has 1 fully saturated rings. The van der Waals surface area contributed by atoms with Crippen LogP contribution >= 0.6 is 11.6 Å². The quantitative estimate of drug-likeness (QED) is 0.890. The molecule has 0 aromatic carbocycles. The number of anilines is 1. The maximum Gasteiger partial charge on any atom is 0.287 e. The zero-order valence-corrected chi connectivity index (χ0v) is 10.7. The minimum Gasteiger partial charge on any atom is -0.377 e. The van der Waals surface area contributed by atoms with Gasteiger partial charge in [-0.3, -0.25) is 4.79 Å². The van der Waals surface area contributed by atoms with E-state index in [1.54, 1.807) is 13.2 Å². The van der Waals surface area contributed by atoms with Gasteiger partial charge in [0.1, 0.15) is 5.02 Å². The molecule has 94 valence electrons. The van der Waals surface area contributed by atoms with Crippen LogP contribution in [0.3, 0.4) is 0 Å². The van der Waals surface area contributed by atoms with Gasteiger partial charge < -0.3 is 10.1 Å². The second-order valence-electron chi connectivity index (χ2n) is 4.29. The molecule has 2 unspecified atom stereocenters. The van der Waals surface area contributed by atoms with Crippen molar-refractivity contribution in [2.24, 2.45) is 7.05 Å². The molecule has 5 nitrogen and oxygen atoms in total. The summed E-state index contributed by atoms with van der Waals surface area (Å²) in [6.45, 7) is 2.82. The third kappa shape index (κ3) is 2.61. The number of rotatable bonds is 3. The number of nitrogens with one attached hydrogen (secondary N) is 1. The van der Waals surface area contributed by atoms with Crippen molar-refractivity contribution >= 4 is 17.3 Å². The number of nitrogens with zero attached hydrogens (tertiary/aromatic N) is 2. The van der Waals surface area contributed by atoms with E-state index in [4.69, 9.17) is 16.3 Å². The van der Waals surface area contributed by atoms with Crippen LogP contribution in [-0.2, 0) is 11.8 Å². The van der Waals surface area contributed by atoms with Gasteiger partial charge in [0.2, 0.25) is 0 Å². The van der Waals surface area contributed by atoms with E-state index in [1.165, 1.54) is 4.68 Å². The van der Waals surface area contributed by atoms with Gasteiger partial charge in [-0.2, -0.15) is 5.10 Å². The van der Waals surface area contributed by atoms with Crippen molar-refractivity contribution < 1.29 is 4.74 Å². The van der Waals surface area contributed by atoms with E-state index >= 15 is 0 Å². The van der Waals surface area contributed by atoms with Crippen LogP contribution in [0.1, 0.15) is 19.8 Å². The third-order valence-electron chi connectivity index (χ3n) is 2.98. The highest BCUT2D eigenvalue weighted by atomic mass is 35.5. The first-order valence-corrected chi connectivity index (χ1v) is 6.07. The third-order valence-corrected chi connectivity index (χ3v) is 3.35. The standard InChI is InChI=1S/C11H16ClN3O2/c1-7(9-4-3-5-17-9)14-8-6-13-15(2)11(16)10(8)12/h6-7,9,14H,3-5H2,1-2H3. The van der Waals surface area contributed by atoms with Gasteiger partial charge in [-0.05, 0) is 19.8 Å². The summed E-state index contributed by atoms with van der Waals surface area (Å²) >= 11 is 5.97. The molecule has 2 rings (SSSR count). The van der Waals surface area contributed by atoms with Crippen LogP contribution in [0, 0.1) is 0 Å². The van der Waals surface area contributed by atoms with Crippen LogP contribution in [0.5, 0.6) is 0 Å². The summed E-state index contributed by atoms with van der Waals surface area (Å²) in [4.78, 5) is 11.6. The molecule has 0 amide bonds. The van der Waals surface area contributed by atoms with Gasteiger partial charge in [-0.25, -0.2) is 4.68 Å². The molecule has 1 aromatic rings. The molecule has 1 aliphatic rings. The molecule has 1 aliphatic heterocycles. The number of hydrogen-bond donors (Lipinski definition) is 1. The Morgan fingerprint density at radius 3 is 3.12 bits per heavy atom. The van der Waals surface area contributed by atoms with Crippen LogP contribution < -0.4 is 10.9 Å². The van der Waals surface area contributed by atoms with Gasteiger partial charge in [0.25, 0.3) is 5.56 Å². The Balaban J connectivity index is 2.13. The van der Waals surface area contributed by atoms with Gasteiger partial charge in [0, 0.05) is 19.7 Å². The fourth-order valence-electron chi connectivity index (χ4n) is 1.95. The Morgan fingerprint density at radius 1 is 1.71 bits per heavy atom. The molecule has 17 heavy (non-hydrogen) atoms. The normalized spacial score (nSPS) is 21.5. The van der Waals surface area contributed by atoms with Crippen LogP contribution in [-0.4, -0.2) is 28.5 Å². The molecule has 1 N–H and O–H groups in total. The summed E-state index contributed by atoms with van der Waals surface area (Å²) in [6.07, 6.45) is 3.86. The topological polar surface area (TPSA) is 56.2 Å². The molecule has 6 heteroatoms. The number of halogens is 1. The Labute approximate surface area is 105 Å². The number of aromatic nitrogens is 2. The molecular formula is C11H16ClN3O2. The molecule has 2 heterocycles. The van der Waals surface area contributed by atoms with E-state index < -0.39 is 0 Å². The van der Waals surface area contributed by atoms with Crippen molar-refractivity contribution in [1.29, 1.82) is 0 Å². The minimum atomic E-state index is -0.295. The summed E-state index contributed by atoms with van der Waals surface area (Å²) in [5.74, 6) is 0. The van der Waals surface area contributed by atoms with Crippen molar-refractivity contribution in [1.82, 2.24) is 9.78 Å². The second-order valence-corrected chi connectivity index (χ2v) is 4.66. The number of ether oxygens (including phenoxy) is 1. The Kier molecular flexibility index (Phi) is 3.69. The SMILES string of the molecule is CC(Nc1cnn(C)c(=O)c1Cl)C1CCCO1. The van der Waals surface area contributed by atoms with Gasteiger partial charge in [-0.15, -0.1) is 0 Å². The molecule has 0 radical (unpaired) electrons. The lowest BCUT2D eigenvalue weighted by Gasteiger charge is -2.21. The van der Waals surface area contributed by atoms with E-state index in [0.29, 0.717) is 5.69 Å². The van der Waals surface area contributed by atoms with Crippen LogP contribution in [0.2, 0.25) is 5.02 Å². The smallest absolute Gasteiger partial charge is 0.287 e. The highest BCUT2D eigenvalue weighted by molar-refractivity contribution is 6.32. The van der Waals surface area contributed by atoms with E-state index in [9.17, 15) is 4.79 Å². The van der Waals surface area contributed by atoms with E-state index in [2.05, 4.69) is 10.4 Å². The summed E-state index contributed by atoms with van der Waals surface area (Å²) in [7, 11) is 1.57. The first-order chi connectivity index (χ1) is 8.09. The molecular weight excluding hydrogens is 242 g/mol. The zero-order valence-electron chi connectivity index (χ0n) is 9.94. The molecule has 0 spiro atoms. The van der Waals surface area contributed by atoms with Crippen molar-refractivity contribution in [2.45, 2.75) is 31.9 Å². The fourth-order valence-corrected chi connectivity index (χ4v) is 2.17. The average Bonchev–Trinajstić information content (AvgIpc) is 2.83. The van der Waals surface area contributed by atoms with Crippen molar-refractivity contribution in [3.63, 3.8) is 0 Å². The first kappa shape index (κ1) is 12.4. The Morgan fingerprint density at radius 2 is 2.47 bits per heavy atom. The van der Waals surface area contributed by atoms with Crippen molar-refractivity contribution in [2.75, 3.05) is 11.9 Å². The van der Waals surface area contributed by atoms with Crippen LogP contribution in [0.4, 0.5) is 5.69 Å². The lowest BCUT2D eigenvalue weighted by atomic mass is 10.1. The molecule has 0 bridgehead atoms. The molecule has 1 saturated heterocycles. The molecule has 1 aromatic heterocycles. The maximum absolute atomic E-state index is 11.6. The summed E-state index contributed by atoms with van der Waals surface area (Å²) in [5, 5.41) is 7.30. The van der Waals surface area contributed by atoms with E-state index in [-0.39, 0.29) is 22.7 Å². The Hall–Kier alpha value is -1.07. The molecule has 0 aliphatic carbocycles. The predicted octanol–water partition coefficient (Wildman–Crippen LogP) is 1.41.